The monoisotopic (exact) mass is 325 g/mol. The molecule has 0 fully saturated rings. The number of hydrogen-bond donors (Lipinski definition) is 1. The molecule has 0 aliphatic rings. The van der Waals surface area contributed by atoms with Crippen LogP contribution in [-0.4, -0.2) is 28.5 Å². The number of rotatable bonds is 5. The Hall–Kier alpha value is -0.496. The second-order valence-electron chi connectivity index (χ2n) is 7.21. The Morgan fingerprint density at radius 3 is 1.90 bits per heavy atom. The quantitative estimate of drug-likeness (QED) is 0.642. The van der Waals surface area contributed by atoms with E-state index in [4.69, 9.17) is 16.6 Å². The molecule has 0 aliphatic heterocycles. The lowest BCUT2D eigenvalue weighted by Crippen LogP contribution is -2.39. The Balaban J connectivity index is 2.91. The first-order valence-electron chi connectivity index (χ1n) is 7.05. The molecule has 0 saturated carbocycles. The average Bonchev–Trinajstić information content (AvgIpc) is 2.26. The molecule has 1 atom stereocenters. The Morgan fingerprint density at radius 2 is 1.55 bits per heavy atom. The lowest BCUT2D eigenvalue weighted by molar-refractivity contribution is 0.568. The van der Waals surface area contributed by atoms with E-state index < -0.39 is 16.4 Å². The van der Waals surface area contributed by atoms with Crippen LogP contribution in [0, 0.1) is 0 Å². The number of hydrogen-bond acceptors (Lipinski definition) is 3. The maximum Gasteiger partial charge on any atom is 0.243 e. The lowest BCUT2D eigenvalue weighted by atomic mass is 10.1. The van der Waals surface area contributed by atoms with Crippen molar-refractivity contribution >= 4 is 33.7 Å². The molecule has 1 aromatic carbocycles. The summed E-state index contributed by atoms with van der Waals surface area (Å²) in [5, 5.41) is 4.08. The summed E-state index contributed by atoms with van der Waals surface area (Å²) in [6, 6.07) is 8.52. The third kappa shape index (κ3) is 5.12. The summed E-state index contributed by atoms with van der Waals surface area (Å²) in [5.41, 5.74) is 2.81. The van der Waals surface area contributed by atoms with Gasteiger partial charge in [0.2, 0.25) is 8.32 Å². The predicted molar refractivity (Wildman–Crippen MR) is 97.7 cm³/mol. The molecule has 112 valence electrons. The van der Waals surface area contributed by atoms with Crippen molar-refractivity contribution in [1.29, 1.82) is 0 Å². The largest absolute Gasteiger partial charge is 0.536 e. The van der Waals surface area contributed by atoms with Crippen molar-refractivity contribution in [2.75, 3.05) is 7.05 Å². The van der Waals surface area contributed by atoms with Gasteiger partial charge in [0.05, 0.1) is 8.07 Å². The second-order valence-corrected chi connectivity index (χ2v) is 17.3. The summed E-state index contributed by atoms with van der Waals surface area (Å²) in [6.07, 6.45) is 0. The highest BCUT2D eigenvalue weighted by atomic mass is 32.1. The van der Waals surface area contributed by atoms with Gasteiger partial charge in [-0.05, 0) is 44.5 Å². The van der Waals surface area contributed by atoms with Gasteiger partial charge in [-0.2, -0.15) is 0 Å². The minimum Gasteiger partial charge on any atom is -0.536 e. The van der Waals surface area contributed by atoms with E-state index in [0.29, 0.717) is 10.7 Å². The lowest BCUT2D eigenvalue weighted by Gasteiger charge is -2.29. The first-order valence-corrected chi connectivity index (χ1v) is 14.4. The first kappa shape index (κ1) is 17.6. The van der Waals surface area contributed by atoms with Crippen LogP contribution in [0.1, 0.15) is 16.8 Å². The highest BCUT2D eigenvalue weighted by Crippen LogP contribution is 2.24. The van der Waals surface area contributed by atoms with Gasteiger partial charge in [-0.25, -0.2) is 0 Å². The molecule has 20 heavy (non-hydrogen) atoms. The summed E-state index contributed by atoms with van der Waals surface area (Å²) >= 11 is 5.38. The molecular weight excluding hydrogens is 298 g/mol. The zero-order chi connectivity index (χ0) is 15.6. The molecule has 0 bridgehead atoms. The summed E-state index contributed by atoms with van der Waals surface area (Å²) in [5.74, 6) is 0. The first-order chi connectivity index (χ1) is 9.04. The topological polar surface area (TPSA) is 21.3 Å². The molecule has 0 heterocycles. The zero-order valence-electron chi connectivity index (χ0n) is 13.7. The SMILES string of the molecule is CNC(c1ccc(C(=S)O[Si](C)(C)C)cc1)[Si](C)(C)C. The standard InChI is InChI=1S/C15H27NOSSi2/c1-16-14(19(2,3)4)12-8-10-13(11-9-12)15(18)17-20(5,6)7/h8-11,14,16H,1-7H3. The van der Waals surface area contributed by atoms with Crippen LogP contribution in [0.3, 0.4) is 0 Å². The minimum atomic E-state index is -1.62. The van der Waals surface area contributed by atoms with E-state index in [9.17, 15) is 0 Å². The van der Waals surface area contributed by atoms with Crippen LogP contribution in [0.4, 0.5) is 0 Å². The van der Waals surface area contributed by atoms with Crippen molar-refractivity contribution in [1.82, 2.24) is 5.32 Å². The van der Waals surface area contributed by atoms with Crippen molar-refractivity contribution in [3.05, 3.63) is 35.4 Å². The zero-order valence-corrected chi connectivity index (χ0v) is 16.5. The van der Waals surface area contributed by atoms with E-state index >= 15 is 0 Å². The highest BCUT2D eigenvalue weighted by Gasteiger charge is 2.26. The van der Waals surface area contributed by atoms with E-state index in [1.165, 1.54) is 5.56 Å². The Bertz CT molecular complexity index is 460. The van der Waals surface area contributed by atoms with Gasteiger partial charge in [0.25, 0.3) is 0 Å². The fourth-order valence-corrected chi connectivity index (χ4v) is 5.87. The summed E-state index contributed by atoms with van der Waals surface area (Å²) in [4.78, 5) is 0. The van der Waals surface area contributed by atoms with Gasteiger partial charge in [0.1, 0.15) is 0 Å². The fraction of sp³-hybridized carbons (Fsp3) is 0.533. The van der Waals surface area contributed by atoms with Crippen LogP contribution in [-0.2, 0) is 4.43 Å². The van der Waals surface area contributed by atoms with Gasteiger partial charge in [-0.15, -0.1) is 0 Å². The Labute approximate surface area is 131 Å². The van der Waals surface area contributed by atoms with Crippen molar-refractivity contribution < 1.29 is 4.43 Å². The molecule has 0 aliphatic carbocycles. The molecule has 0 radical (unpaired) electrons. The molecule has 1 N–H and O–H groups in total. The molecule has 0 saturated heterocycles. The van der Waals surface area contributed by atoms with Crippen LogP contribution in [0.5, 0.6) is 0 Å². The Kier molecular flexibility index (Phi) is 5.72. The van der Waals surface area contributed by atoms with E-state index in [-0.39, 0.29) is 0 Å². The van der Waals surface area contributed by atoms with Crippen LogP contribution in [0.2, 0.25) is 39.3 Å². The van der Waals surface area contributed by atoms with Gasteiger partial charge in [-0.1, -0.05) is 43.9 Å². The number of benzene rings is 1. The molecule has 0 spiro atoms. The average molecular weight is 326 g/mol. The number of nitrogens with one attached hydrogen (secondary N) is 1. The van der Waals surface area contributed by atoms with E-state index in [2.05, 4.69) is 68.9 Å². The van der Waals surface area contributed by atoms with E-state index in [1.54, 1.807) is 0 Å². The van der Waals surface area contributed by atoms with Crippen LogP contribution in [0.15, 0.2) is 24.3 Å². The molecule has 1 rings (SSSR count). The van der Waals surface area contributed by atoms with Crippen molar-refractivity contribution in [2.24, 2.45) is 0 Å². The van der Waals surface area contributed by atoms with Gasteiger partial charge >= 0.3 is 0 Å². The van der Waals surface area contributed by atoms with E-state index in [1.807, 2.05) is 7.05 Å². The van der Waals surface area contributed by atoms with Gasteiger partial charge in [0.15, 0.2) is 5.05 Å². The Morgan fingerprint density at radius 1 is 1.05 bits per heavy atom. The summed E-state index contributed by atoms with van der Waals surface area (Å²) < 4.78 is 5.88. The van der Waals surface area contributed by atoms with Crippen LogP contribution in [0.25, 0.3) is 0 Å². The van der Waals surface area contributed by atoms with Crippen molar-refractivity contribution in [2.45, 2.75) is 44.9 Å². The molecule has 1 unspecified atom stereocenters. The molecular formula is C15H27NOSSi2. The van der Waals surface area contributed by atoms with Gasteiger partial charge in [-0.3, -0.25) is 0 Å². The molecule has 0 amide bonds. The summed E-state index contributed by atoms with van der Waals surface area (Å²) in [7, 11) is -0.863. The fourth-order valence-electron chi connectivity index (χ4n) is 2.25. The smallest absolute Gasteiger partial charge is 0.243 e. The summed E-state index contributed by atoms with van der Waals surface area (Å²) in [6.45, 7) is 13.6. The highest BCUT2D eigenvalue weighted by molar-refractivity contribution is 7.80. The third-order valence-electron chi connectivity index (χ3n) is 3.03. The van der Waals surface area contributed by atoms with Gasteiger partial charge in [0, 0.05) is 11.2 Å². The molecule has 0 aromatic heterocycles. The molecule has 1 aromatic rings. The molecule has 5 heteroatoms. The maximum atomic E-state index is 5.88. The maximum absolute atomic E-state index is 5.88. The van der Waals surface area contributed by atoms with Crippen molar-refractivity contribution in [3.63, 3.8) is 0 Å². The van der Waals surface area contributed by atoms with Crippen LogP contribution < -0.4 is 5.32 Å². The number of thiocarbonyl (C=S) groups is 1. The normalized spacial score (nSPS) is 13.9. The second kappa shape index (κ2) is 6.51. The van der Waals surface area contributed by atoms with Crippen molar-refractivity contribution in [3.8, 4) is 0 Å². The third-order valence-corrected chi connectivity index (χ3v) is 6.67. The van der Waals surface area contributed by atoms with Gasteiger partial charge < -0.3 is 9.74 Å². The minimum absolute atomic E-state index is 0.461. The van der Waals surface area contributed by atoms with E-state index in [0.717, 1.165) is 5.56 Å². The van der Waals surface area contributed by atoms with Crippen LogP contribution >= 0.6 is 12.2 Å². The molecule has 2 nitrogen and oxygen atoms in total. The predicted octanol–water partition coefficient (Wildman–Crippen LogP) is 4.35.